The maximum Gasteiger partial charge on any atom is 0.263 e. The zero-order chi connectivity index (χ0) is 16.1. The van der Waals surface area contributed by atoms with Crippen molar-refractivity contribution in [2.75, 3.05) is 7.05 Å². The summed E-state index contributed by atoms with van der Waals surface area (Å²) in [6.07, 6.45) is -0.502. The van der Waals surface area contributed by atoms with Crippen LogP contribution >= 0.6 is 0 Å². The molecule has 0 aliphatic heterocycles. The minimum absolute atomic E-state index is 0.0267. The molecule has 3 nitrogen and oxygen atoms in total. The highest BCUT2D eigenvalue weighted by molar-refractivity contribution is 5.80. The summed E-state index contributed by atoms with van der Waals surface area (Å²) in [6.45, 7) is 6.44. The van der Waals surface area contributed by atoms with Gasteiger partial charge in [0.2, 0.25) is 0 Å². The second-order valence-electron chi connectivity index (χ2n) is 5.75. The first-order valence-electron chi connectivity index (χ1n) is 7.49. The highest BCUT2D eigenvalue weighted by atomic mass is 16.5. The zero-order valence-corrected chi connectivity index (χ0v) is 13.7. The van der Waals surface area contributed by atoms with Gasteiger partial charge in [0.1, 0.15) is 5.75 Å². The van der Waals surface area contributed by atoms with Crippen LogP contribution in [0.2, 0.25) is 0 Å². The van der Waals surface area contributed by atoms with Gasteiger partial charge in [-0.3, -0.25) is 4.79 Å². The average molecular weight is 297 g/mol. The van der Waals surface area contributed by atoms with Gasteiger partial charge in [-0.25, -0.2) is 0 Å². The first-order valence-corrected chi connectivity index (χ1v) is 7.49. The second kappa shape index (κ2) is 7.12. The van der Waals surface area contributed by atoms with Gasteiger partial charge in [-0.1, -0.05) is 47.5 Å². The standard InChI is InChI=1S/C19H23NO2/c1-14-5-9-17(10-6-14)13-20(4)19(21)16(3)22-18-11-7-15(2)8-12-18/h5-12,16H,13H2,1-4H3. The molecular formula is C19H23NO2. The van der Waals surface area contributed by atoms with Crippen LogP contribution in [0.1, 0.15) is 23.6 Å². The van der Waals surface area contributed by atoms with Crippen LogP contribution in [0.4, 0.5) is 0 Å². The van der Waals surface area contributed by atoms with E-state index in [1.807, 2.05) is 43.3 Å². The molecule has 116 valence electrons. The number of likely N-dealkylation sites (N-methyl/N-ethyl adjacent to an activating group) is 1. The molecule has 22 heavy (non-hydrogen) atoms. The lowest BCUT2D eigenvalue weighted by molar-refractivity contribution is -0.137. The molecule has 0 aliphatic carbocycles. The van der Waals surface area contributed by atoms with E-state index in [4.69, 9.17) is 4.74 Å². The fourth-order valence-electron chi connectivity index (χ4n) is 2.23. The fourth-order valence-corrected chi connectivity index (χ4v) is 2.23. The number of rotatable bonds is 5. The Morgan fingerprint density at radius 1 is 1.00 bits per heavy atom. The molecular weight excluding hydrogens is 274 g/mol. The monoisotopic (exact) mass is 297 g/mol. The first-order chi connectivity index (χ1) is 10.5. The Morgan fingerprint density at radius 2 is 1.50 bits per heavy atom. The molecule has 1 atom stereocenters. The predicted molar refractivity (Wildman–Crippen MR) is 88.9 cm³/mol. The number of hydrogen-bond donors (Lipinski definition) is 0. The Bertz CT molecular complexity index is 561. The summed E-state index contributed by atoms with van der Waals surface area (Å²) in [4.78, 5) is 14.1. The van der Waals surface area contributed by atoms with Crippen molar-refractivity contribution in [3.63, 3.8) is 0 Å². The summed E-state index contributed by atoms with van der Waals surface area (Å²) in [7, 11) is 1.80. The Hall–Kier alpha value is -2.29. The third-order valence-electron chi connectivity index (χ3n) is 3.60. The summed E-state index contributed by atoms with van der Waals surface area (Å²) < 4.78 is 5.72. The van der Waals surface area contributed by atoms with E-state index in [2.05, 4.69) is 19.1 Å². The van der Waals surface area contributed by atoms with Crippen molar-refractivity contribution < 1.29 is 9.53 Å². The van der Waals surface area contributed by atoms with Gasteiger partial charge in [-0.15, -0.1) is 0 Å². The largest absolute Gasteiger partial charge is 0.481 e. The number of carbonyl (C=O) groups is 1. The van der Waals surface area contributed by atoms with Crippen molar-refractivity contribution in [3.8, 4) is 5.75 Å². The van der Waals surface area contributed by atoms with Gasteiger partial charge in [-0.2, -0.15) is 0 Å². The zero-order valence-electron chi connectivity index (χ0n) is 13.7. The normalized spacial score (nSPS) is 11.8. The first kappa shape index (κ1) is 16.1. The molecule has 2 aromatic rings. The molecule has 1 unspecified atom stereocenters. The summed E-state index contributed by atoms with van der Waals surface area (Å²) in [5.74, 6) is 0.691. The maximum atomic E-state index is 12.4. The van der Waals surface area contributed by atoms with Crippen LogP contribution in [0.3, 0.4) is 0 Å². The average Bonchev–Trinajstić information content (AvgIpc) is 2.51. The molecule has 0 spiro atoms. The van der Waals surface area contributed by atoms with E-state index in [1.54, 1.807) is 18.9 Å². The van der Waals surface area contributed by atoms with Crippen LogP contribution in [-0.4, -0.2) is 24.0 Å². The summed E-state index contributed by atoms with van der Waals surface area (Å²) in [5.41, 5.74) is 3.50. The summed E-state index contributed by atoms with van der Waals surface area (Å²) >= 11 is 0. The van der Waals surface area contributed by atoms with Crippen LogP contribution in [0.15, 0.2) is 48.5 Å². The number of aryl methyl sites for hydroxylation is 2. The van der Waals surface area contributed by atoms with Gasteiger partial charge in [0.05, 0.1) is 0 Å². The van der Waals surface area contributed by atoms with Crippen LogP contribution in [-0.2, 0) is 11.3 Å². The number of nitrogens with zero attached hydrogens (tertiary/aromatic N) is 1. The van der Waals surface area contributed by atoms with E-state index < -0.39 is 6.10 Å². The predicted octanol–water partition coefficient (Wildman–Crippen LogP) is 3.73. The lowest BCUT2D eigenvalue weighted by Crippen LogP contribution is -2.37. The Morgan fingerprint density at radius 3 is 2.05 bits per heavy atom. The third kappa shape index (κ3) is 4.35. The molecule has 0 radical (unpaired) electrons. The minimum atomic E-state index is -0.502. The molecule has 2 aromatic carbocycles. The molecule has 2 rings (SSSR count). The quantitative estimate of drug-likeness (QED) is 0.841. The molecule has 0 bridgehead atoms. The molecule has 3 heteroatoms. The van der Waals surface area contributed by atoms with Crippen molar-refractivity contribution in [1.29, 1.82) is 0 Å². The van der Waals surface area contributed by atoms with Gasteiger partial charge in [-0.05, 0) is 38.5 Å². The lowest BCUT2D eigenvalue weighted by Gasteiger charge is -2.22. The number of amides is 1. The number of benzene rings is 2. The van der Waals surface area contributed by atoms with Crippen molar-refractivity contribution in [2.24, 2.45) is 0 Å². The van der Waals surface area contributed by atoms with Crippen molar-refractivity contribution in [2.45, 2.75) is 33.4 Å². The Labute approximate surface area is 132 Å². The number of hydrogen-bond acceptors (Lipinski definition) is 2. The second-order valence-corrected chi connectivity index (χ2v) is 5.75. The topological polar surface area (TPSA) is 29.5 Å². The summed E-state index contributed by atoms with van der Waals surface area (Å²) in [6, 6.07) is 15.9. The van der Waals surface area contributed by atoms with Crippen molar-refractivity contribution in [1.82, 2.24) is 4.90 Å². The molecule has 0 aliphatic rings. The summed E-state index contributed by atoms with van der Waals surface area (Å²) in [5, 5.41) is 0. The smallest absolute Gasteiger partial charge is 0.263 e. The molecule has 1 amide bonds. The Balaban J connectivity index is 1.94. The molecule has 0 saturated heterocycles. The molecule has 0 N–H and O–H groups in total. The van der Waals surface area contributed by atoms with Crippen LogP contribution in [0.25, 0.3) is 0 Å². The number of carbonyl (C=O) groups excluding carboxylic acids is 1. The lowest BCUT2D eigenvalue weighted by atomic mass is 10.1. The van der Waals surface area contributed by atoms with E-state index in [0.29, 0.717) is 6.54 Å². The van der Waals surface area contributed by atoms with Crippen LogP contribution in [0.5, 0.6) is 5.75 Å². The van der Waals surface area contributed by atoms with Gasteiger partial charge < -0.3 is 9.64 Å². The highest BCUT2D eigenvalue weighted by Crippen LogP contribution is 2.15. The van der Waals surface area contributed by atoms with Gasteiger partial charge in [0, 0.05) is 13.6 Å². The fraction of sp³-hybridized carbons (Fsp3) is 0.316. The van der Waals surface area contributed by atoms with E-state index in [9.17, 15) is 4.79 Å². The maximum absolute atomic E-state index is 12.4. The van der Waals surface area contributed by atoms with Crippen molar-refractivity contribution in [3.05, 3.63) is 65.2 Å². The highest BCUT2D eigenvalue weighted by Gasteiger charge is 2.19. The van der Waals surface area contributed by atoms with E-state index in [1.165, 1.54) is 11.1 Å². The molecule has 0 aromatic heterocycles. The van der Waals surface area contributed by atoms with Crippen LogP contribution in [0, 0.1) is 13.8 Å². The Kier molecular flexibility index (Phi) is 5.21. The van der Waals surface area contributed by atoms with Gasteiger partial charge >= 0.3 is 0 Å². The minimum Gasteiger partial charge on any atom is -0.481 e. The molecule has 0 saturated carbocycles. The van der Waals surface area contributed by atoms with Gasteiger partial charge in [0.15, 0.2) is 6.10 Å². The van der Waals surface area contributed by atoms with E-state index in [-0.39, 0.29) is 5.91 Å². The molecule has 0 heterocycles. The van der Waals surface area contributed by atoms with Crippen molar-refractivity contribution >= 4 is 5.91 Å². The SMILES string of the molecule is Cc1ccc(CN(C)C(=O)C(C)Oc2ccc(C)cc2)cc1. The number of ether oxygens (including phenoxy) is 1. The molecule has 0 fully saturated rings. The third-order valence-corrected chi connectivity index (χ3v) is 3.60. The van der Waals surface area contributed by atoms with Crippen LogP contribution < -0.4 is 4.74 Å². The van der Waals surface area contributed by atoms with E-state index in [0.717, 1.165) is 11.3 Å². The van der Waals surface area contributed by atoms with E-state index >= 15 is 0 Å². The van der Waals surface area contributed by atoms with Gasteiger partial charge in [0.25, 0.3) is 5.91 Å².